The molecule has 4 nitrogen and oxygen atoms in total. The van der Waals surface area contributed by atoms with E-state index in [1.165, 1.54) is 0 Å². The number of amides is 1. The highest BCUT2D eigenvalue weighted by molar-refractivity contribution is 5.84. The van der Waals surface area contributed by atoms with Gasteiger partial charge in [-0.05, 0) is 25.3 Å². The third-order valence-electron chi connectivity index (χ3n) is 4.30. The first-order valence-corrected chi connectivity index (χ1v) is 6.75. The van der Waals surface area contributed by atoms with Gasteiger partial charge in [0.05, 0.1) is 17.6 Å². The maximum Gasteiger partial charge on any atom is 0.228 e. The average molecular weight is 262 g/mol. The highest BCUT2D eigenvalue weighted by Gasteiger charge is 2.45. The van der Waals surface area contributed by atoms with E-state index in [1.54, 1.807) is 0 Å². The highest BCUT2D eigenvalue weighted by Crippen LogP contribution is 2.40. The quantitative estimate of drug-likeness (QED) is 0.745. The number of nitrogens with one attached hydrogen (secondary N) is 1. The summed E-state index contributed by atoms with van der Waals surface area (Å²) in [6.07, 6.45) is 2.73. The van der Waals surface area contributed by atoms with Gasteiger partial charge in [0.2, 0.25) is 5.91 Å². The van der Waals surface area contributed by atoms with Crippen molar-refractivity contribution in [3.63, 3.8) is 0 Å². The number of hydrogen-bond donors (Lipinski definition) is 3. The Morgan fingerprint density at radius 3 is 2.47 bits per heavy atom. The minimum absolute atomic E-state index is 0.0401. The van der Waals surface area contributed by atoms with E-state index in [4.69, 9.17) is 5.73 Å². The molecule has 0 aromatic heterocycles. The average Bonchev–Trinajstić information content (AvgIpc) is 2.39. The first-order valence-electron chi connectivity index (χ1n) is 6.75. The largest absolute Gasteiger partial charge is 0.394 e. The van der Waals surface area contributed by atoms with E-state index in [1.807, 2.05) is 37.3 Å². The zero-order valence-corrected chi connectivity index (χ0v) is 11.4. The predicted octanol–water partition coefficient (Wildman–Crippen LogP) is 1.14. The molecule has 1 fully saturated rings. The summed E-state index contributed by atoms with van der Waals surface area (Å²) in [6.45, 7) is 2.07. The van der Waals surface area contributed by atoms with E-state index >= 15 is 0 Å². The summed E-state index contributed by atoms with van der Waals surface area (Å²) in [5.41, 5.74) is 5.47. The number of hydrogen-bond acceptors (Lipinski definition) is 3. The number of benzene rings is 1. The Bertz CT molecular complexity index is 437. The molecule has 2 rings (SSSR count). The van der Waals surface area contributed by atoms with Crippen molar-refractivity contribution >= 4 is 5.91 Å². The number of nitrogens with two attached hydrogens (primary N) is 1. The molecule has 0 bridgehead atoms. The second-order valence-corrected chi connectivity index (χ2v) is 5.65. The van der Waals surface area contributed by atoms with E-state index in [0.29, 0.717) is 6.54 Å². The second-order valence-electron chi connectivity index (χ2n) is 5.65. The molecular weight excluding hydrogens is 240 g/mol. The molecule has 1 atom stereocenters. The normalized spacial score (nSPS) is 20.2. The Balaban J connectivity index is 2.17. The van der Waals surface area contributed by atoms with Gasteiger partial charge < -0.3 is 16.2 Å². The van der Waals surface area contributed by atoms with Gasteiger partial charge in [0.25, 0.3) is 0 Å². The number of aliphatic hydroxyl groups excluding tert-OH is 1. The molecule has 4 N–H and O–H groups in total. The van der Waals surface area contributed by atoms with Crippen molar-refractivity contribution in [2.45, 2.75) is 31.7 Å². The van der Waals surface area contributed by atoms with E-state index in [-0.39, 0.29) is 12.5 Å². The van der Waals surface area contributed by atoms with Crippen LogP contribution in [0.15, 0.2) is 30.3 Å². The van der Waals surface area contributed by atoms with E-state index < -0.39 is 11.0 Å². The lowest BCUT2D eigenvalue weighted by Crippen LogP contribution is -2.56. The third-order valence-corrected chi connectivity index (χ3v) is 4.30. The molecule has 0 spiro atoms. The minimum Gasteiger partial charge on any atom is -0.394 e. The molecule has 0 radical (unpaired) electrons. The van der Waals surface area contributed by atoms with E-state index in [9.17, 15) is 9.90 Å². The van der Waals surface area contributed by atoms with Gasteiger partial charge in [0.15, 0.2) is 0 Å². The summed E-state index contributed by atoms with van der Waals surface area (Å²) in [6, 6.07) is 9.53. The molecule has 4 heteroatoms. The Morgan fingerprint density at radius 2 is 2.05 bits per heavy atom. The summed E-state index contributed by atoms with van der Waals surface area (Å²) < 4.78 is 0. The van der Waals surface area contributed by atoms with Crippen molar-refractivity contribution in [3.8, 4) is 0 Å². The fourth-order valence-electron chi connectivity index (χ4n) is 2.52. The van der Waals surface area contributed by atoms with Gasteiger partial charge in [-0.15, -0.1) is 0 Å². The Labute approximate surface area is 114 Å². The number of carbonyl (C=O) groups excluding carboxylic acids is 1. The van der Waals surface area contributed by atoms with E-state index in [2.05, 4.69) is 5.32 Å². The zero-order chi connectivity index (χ0) is 13.9. The van der Waals surface area contributed by atoms with Crippen LogP contribution in [-0.4, -0.2) is 24.2 Å². The molecule has 0 saturated heterocycles. The Kier molecular flexibility index (Phi) is 3.92. The van der Waals surface area contributed by atoms with Crippen LogP contribution in [0.25, 0.3) is 0 Å². The minimum atomic E-state index is -0.754. The van der Waals surface area contributed by atoms with Crippen LogP contribution in [0.1, 0.15) is 31.7 Å². The van der Waals surface area contributed by atoms with Crippen molar-refractivity contribution in [2.24, 2.45) is 11.1 Å². The van der Waals surface area contributed by atoms with Crippen LogP contribution in [0.4, 0.5) is 0 Å². The molecule has 1 amide bonds. The molecule has 1 aliphatic carbocycles. The molecule has 0 aliphatic heterocycles. The second kappa shape index (κ2) is 5.31. The molecular formula is C15H22N2O2. The lowest BCUT2D eigenvalue weighted by atomic mass is 9.67. The smallest absolute Gasteiger partial charge is 0.228 e. The van der Waals surface area contributed by atoms with Crippen LogP contribution in [0.3, 0.4) is 0 Å². The molecule has 0 heterocycles. The number of carbonyl (C=O) groups is 1. The van der Waals surface area contributed by atoms with Crippen molar-refractivity contribution in [1.29, 1.82) is 0 Å². The summed E-state index contributed by atoms with van der Waals surface area (Å²) in [7, 11) is 0. The lowest BCUT2D eigenvalue weighted by Gasteiger charge is -2.42. The Morgan fingerprint density at radius 1 is 1.42 bits per heavy atom. The maximum absolute atomic E-state index is 12.4. The molecule has 19 heavy (non-hydrogen) atoms. The number of rotatable bonds is 5. The fraction of sp³-hybridized carbons (Fsp3) is 0.533. The van der Waals surface area contributed by atoms with Gasteiger partial charge >= 0.3 is 0 Å². The topological polar surface area (TPSA) is 75.3 Å². The van der Waals surface area contributed by atoms with Gasteiger partial charge in [-0.3, -0.25) is 4.79 Å². The lowest BCUT2D eigenvalue weighted by molar-refractivity contribution is -0.137. The standard InChI is InChI=1S/C15H22N2O2/c1-14(11-18,12-6-3-2-4-7-12)17-13(19)15(10-16)8-5-9-15/h2-4,6-7,18H,5,8-11,16H2,1H3,(H,17,19). The summed E-state index contributed by atoms with van der Waals surface area (Å²) >= 11 is 0. The SMILES string of the molecule is CC(CO)(NC(=O)C1(CN)CCC1)c1ccccc1. The first-order chi connectivity index (χ1) is 9.06. The van der Waals surface area contributed by atoms with Crippen molar-refractivity contribution in [2.75, 3.05) is 13.2 Å². The molecule has 104 valence electrons. The van der Waals surface area contributed by atoms with Crippen molar-refractivity contribution in [1.82, 2.24) is 5.32 Å². The molecule has 1 aromatic carbocycles. The molecule has 1 aromatic rings. The zero-order valence-electron chi connectivity index (χ0n) is 11.4. The van der Waals surface area contributed by atoms with Crippen LogP contribution in [-0.2, 0) is 10.3 Å². The van der Waals surface area contributed by atoms with Gasteiger partial charge in [-0.1, -0.05) is 36.8 Å². The van der Waals surface area contributed by atoms with Crippen LogP contribution in [0.5, 0.6) is 0 Å². The third kappa shape index (κ3) is 2.51. The van der Waals surface area contributed by atoms with Gasteiger partial charge in [0, 0.05) is 6.54 Å². The first kappa shape index (κ1) is 14.0. The fourth-order valence-corrected chi connectivity index (χ4v) is 2.52. The highest BCUT2D eigenvalue weighted by atomic mass is 16.3. The molecule has 1 unspecified atom stereocenters. The van der Waals surface area contributed by atoms with Crippen LogP contribution < -0.4 is 11.1 Å². The molecule has 1 aliphatic rings. The predicted molar refractivity (Wildman–Crippen MR) is 74.4 cm³/mol. The van der Waals surface area contributed by atoms with Gasteiger partial charge in [-0.2, -0.15) is 0 Å². The number of aliphatic hydroxyl groups is 1. The van der Waals surface area contributed by atoms with Crippen molar-refractivity contribution in [3.05, 3.63) is 35.9 Å². The summed E-state index contributed by atoms with van der Waals surface area (Å²) in [5, 5.41) is 12.7. The van der Waals surface area contributed by atoms with E-state index in [0.717, 1.165) is 24.8 Å². The van der Waals surface area contributed by atoms with Crippen LogP contribution in [0.2, 0.25) is 0 Å². The maximum atomic E-state index is 12.4. The summed E-state index contributed by atoms with van der Waals surface area (Å²) in [4.78, 5) is 12.4. The van der Waals surface area contributed by atoms with Gasteiger partial charge in [-0.25, -0.2) is 0 Å². The Hall–Kier alpha value is -1.39. The van der Waals surface area contributed by atoms with Crippen LogP contribution >= 0.6 is 0 Å². The summed E-state index contributed by atoms with van der Waals surface area (Å²) in [5.74, 6) is -0.0401. The van der Waals surface area contributed by atoms with Crippen LogP contribution in [0, 0.1) is 5.41 Å². The van der Waals surface area contributed by atoms with Crippen molar-refractivity contribution < 1.29 is 9.90 Å². The monoisotopic (exact) mass is 262 g/mol. The molecule has 1 saturated carbocycles. The van der Waals surface area contributed by atoms with Gasteiger partial charge in [0.1, 0.15) is 0 Å².